The molecule has 0 saturated carbocycles. The van der Waals surface area contributed by atoms with Crippen LogP contribution in [-0.2, 0) is 17.9 Å². The zero-order valence-corrected chi connectivity index (χ0v) is 16.3. The summed E-state index contributed by atoms with van der Waals surface area (Å²) in [5.74, 6) is -1.84. The Hall–Kier alpha value is -3.77. The third-order valence-electron chi connectivity index (χ3n) is 4.60. The number of rotatable bonds is 3. The number of nitrogens with zero attached hydrogens (tertiary/aromatic N) is 7. The van der Waals surface area contributed by atoms with Gasteiger partial charge in [-0.2, -0.15) is 18.3 Å². The van der Waals surface area contributed by atoms with Gasteiger partial charge in [-0.1, -0.05) is 0 Å². The molecule has 0 radical (unpaired) electrons. The molecule has 1 amide bonds. The lowest BCUT2D eigenvalue weighted by atomic mass is 10.1. The molecule has 10 nitrogen and oxygen atoms in total. The van der Waals surface area contributed by atoms with Crippen molar-refractivity contribution in [3.8, 4) is 0 Å². The Labute approximate surface area is 174 Å². The summed E-state index contributed by atoms with van der Waals surface area (Å²) in [6.07, 6.45) is 3.25. The van der Waals surface area contributed by atoms with Gasteiger partial charge in [0.1, 0.15) is 18.5 Å². The number of imidazole rings is 1. The maximum absolute atomic E-state index is 12.7. The molecule has 3 aromatic rings. The smallest absolute Gasteiger partial charge is 0.475 e. The Morgan fingerprint density at radius 1 is 1.19 bits per heavy atom. The van der Waals surface area contributed by atoms with Crippen LogP contribution in [0.3, 0.4) is 0 Å². The van der Waals surface area contributed by atoms with Gasteiger partial charge in [0.05, 0.1) is 24.5 Å². The second kappa shape index (κ2) is 8.93. The van der Waals surface area contributed by atoms with E-state index in [4.69, 9.17) is 9.90 Å². The summed E-state index contributed by atoms with van der Waals surface area (Å²) in [4.78, 5) is 35.9. The molecule has 4 heterocycles. The van der Waals surface area contributed by atoms with E-state index in [1.54, 1.807) is 35.5 Å². The standard InChI is InChI=1S/C16H17N7O.C2HF3O2/c1-12-15-19-8-14(9-21-11-18-10-20-21)23(15)7-6-22(12)16(24)13-2-4-17-5-3-13;3-2(4,5)1(6)7/h2-5,8,10-12H,6-7,9H2,1H3;(H,6,7). The molecule has 4 rings (SSSR count). The number of halogens is 3. The second-order valence-electron chi connectivity index (χ2n) is 6.57. The number of hydrogen-bond donors (Lipinski definition) is 1. The van der Waals surface area contributed by atoms with Crippen molar-refractivity contribution in [2.24, 2.45) is 0 Å². The molecule has 3 aromatic heterocycles. The Kier molecular flexibility index (Phi) is 6.32. The van der Waals surface area contributed by atoms with Crippen LogP contribution in [0.2, 0.25) is 0 Å². The predicted molar refractivity (Wildman–Crippen MR) is 98.7 cm³/mol. The van der Waals surface area contributed by atoms with Gasteiger partial charge in [0, 0.05) is 31.0 Å². The molecule has 31 heavy (non-hydrogen) atoms. The van der Waals surface area contributed by atoms with E-state index < -0.39 is 12.1 Å². The number of alkyl halides is 3. The van der Waals surface area contributed by atoms with Crippen LogP contribution in [0.25, 0.3) is 0 Å². The first-order valence-electron chi connectivity index (χ1n) is 9.06. The fourth-order valence-electron chi connectivity index (χ4n) is 3.10. The molecule has 164 valence electrons. The quantitative estimate of drug-likeness (QED) is 0.663. The molecule has 13 heteroatoms. The molecule has 0 aliphatic carbocycles. The van der Waals surface area contributed by atoms with E-state index in [9.17, 15) is 18.0 Å². The van der Waals surface area contributed by atoms with Gasteiger partial charge in [-0.05, 0) is 19.1 Å². The zero-order valence-electron chi connectivity index (χ0n) is 16.3. The summed E-state index contributed by atoms with van der Waals surface area (Å²) in [6.45, 7) is 4.00. The lowest BCUT2D eigenvalue weighted by Gasteiger charge is -2.34. The Morgan fingerprint density at radius 3 is 2.45 bits per heavy atom. The number of carbonyl (C=O) groups excluding carboxylic acids is 1. The van der Waals surface area contributed by atoms with Gasteiger partial charge in [-0.15, -0.1) is 0 Å². The van der Waals surface area contributed by atoms with Gasteiger partial charge in [-0.25, -0.2) is 19.4 Å². The summed E-state index contributed by atoms with van der Waals surface area (Å²) in [7, 11) is 0. The van der Waals surface area contributed by atoms with Crippen molar-refractivity contribution in [2.45, 2.75) is 32.2 Å². The van der Waals surface area contributed by atoms with Gasteiger partial charge in [0.15, 0.2) is 0 Å². The SMILES string of the molecule is CC1c2ncc(Cn3cncn3)n2CCN1C(=O)c1ccncc1.O=C(O)C(F)(F)F. The molecule has 1 aliphatic heterocycles. The fraction of sp³-hybridized carbons (Fsp3) is 0.333. The summed E-state index contributed by atoms with van der Waals surface area (Å²) >= 11 is 0. The van der Waals surface area contributed by atoms with Gasteiger partial charge in [0.2, 0.25) is 0 Å². The van der Waals surface area contributed by atoms with Crippen molar-refractivity contribution in [3.63, 3.8) is 0 Å². The molecule has 1 N–H and O–H groups in total. The van der Waals surface area contributed by atoms with Crippen LogP contribution < -0.4 is 0 Å². The van der Waals surface area contributed by atoms with Crippen molar-refractivity contribution >= 4 is 11.9 Å². The van der Waals surface area contributed by atoms with Crippen molar-refractivity contribution in [1.82, 2.24) is 34.2 Å². The van der Waals surface area contributed by atoms with Crippen LogP contribution in [0, 0.1) is 0 Å². The van der Waals surface area contributed by atoms with E-state index >= 15 is 0 Å². The fourth-order valence-corrected chi connectivity index (χ4v) is 3.10. The van der Waals surface area contributed by atoms with E-state index in [-0.39, 0.29) is 11.9 Å². The van der Waals surface area contributed by atoms with Gasteiger partial charge in [0.25, 0.3) is 5.91 Å². The number of aromatic nitrogens is 6. The summed E-state index contributed by atoms with van der Waals surface area (Å²) in [6, 6.07) is 3.40. The van der Waals surface area contributed by atoms with E-state index in [1.807, 2.05) is 18.0 Å². The summed E-state index contributed by atoms with van der Waals surface area (Å²) in [5, 5.41) is 11.3. The van der Waals surface area contributed by atoms with E-state index in [2.05, 4.69) is 24.6 Å². The number of hydrogen-bond acceptors (Lipinski definition) is 6. The number of carbonyl (C=O) groups is 2. The molecule has 0 bridgehead atoms. The highest BCUT2D eigenvalue weighted by Crippen LogP contribution is 2.27. The number of carboxylic acids is 1. The van der Waals surface area contributed by atoms with Crippen molar-refractivity contribution in [1.29, 1.82) is 0 Å². The first-order chi connectivity index (χ1) is 14.7. The Morgan fingerprint density at radius 2 is 1.87 bits per heavy atom. The molecule has 0 spiro atoms. The number of fused-ring (bicyclic) bond motifs is 1. The molecule has 1 unspecified atom stereocenters. The van der Waals surface area contributed by atoms with Crippen LogP contribution in [0.4, 0.5) is 13.2 Å². The third kappa shape index (κ3) is 5.05. The van der Waals surface area contributed by atoms with Crippen LogP contribution in [-0.4, -0.2) is 63.9 Å². The largest absolute Gasteiger partial charge is 0.490 e. The van der Waals surface area contributed by atoms with Crippen molar-refractivity contribution < 1.29 is 27.9 Å². The van der Waals surface area contributed by atoms with Gasteiger partial charge in [-0.3, -0.25) is 9.78 Å². The molecule has 1 aliphatic rings. The van der Waals surface area contributed by atoms with E-state index in [0.29, 0.717) is 18.7 Å². The highest BCUT2D eigenvalue weighted by atomic mass is 19.4. The molecule has 1 atom stereocenters. The first kappa shape index (κ1) is 21.9. The molecule has 0 saturated heterocycles. The van der Waals surface area contributed by atoms with Gasteiger partial charge < -0.3 is 14.6 Å². The minimum absolute atomic E-state index is 0.0111. The van der Waals surface area contributed by atoms with Crippen LogP contribution in [0.1, 0.15) is 34.8 Å². The number of aliphatic carboxylic acids is 1. The predicted octanol–water partition coefficient (Wildman–Crippen LogP) is 1.77. The maximum Gasteiger partial charge on any atom is 0.490 e. The average Bonchev–Trinajstić information content (AvgIpc) is 3.39. The number of pyridine rings is 1. The lowest BCUT2D eigenvalue weighted by molar-refractivity contribution is -0.192. The molecule has 0 fully saturated rings. The topological polar surface area (TPSA) is 119 Å². The van der Waals surface area contributed by atoms with Crippen molar-refractivity contribution in [2.75, 3.05) is 6.54 Å². The number of amides is 1. The zero-order chi connectivity index (χ0) is 22.6. The molecule has 0 aromatic carbocycles. The van der Waals surface area contributed by atoms with E-state index in [1.165, 1.54) is 6.33 Å². The second-order valence-corrected chi connectivity index (χ2v) is 6.57. The van der Waals surface area contributed by atoms with Crippen LogP contribution in [0.5, 0.6) is 0 Å². The molecular formula is C18H18F3N7O3. The number of carboxylic acid groups (broad SMARTS) is 1. The van der Waals surface area contributed by atoms with Crippen LogP contribution >= 0.6 is 0 Å². The lowest BCUT2D eigenvalue weighted by Crippen LogP contribution is -2.41. The normalized spacial score (nSPS) is 15.6. The monoisotopic (exact) mass is 437 g/mol. The third-order valence-corrected chi connectivity index (χ3v) is 4.60. The Balaban J connectivity index is 0.000000339. The van der Waals surface area contributed by atoms with E-state index in [0.717, 1.165) is 18.1 Å². The summed E-state index contributed by atoms with van der Waals surface area (Å²) in [5.41, 5.74) is 1.72. The minimum Gasteiger partial charge on any atom is -0.475 e. The van der Waals surface area contributed by atoms with Crippen molar-refractivity contribution in [3.05, 3.63) is 60.5 Å². The molecular weight excluding hydrogens is 419 g/mol. The Bertz CT molecular complexity index is 1040. The van der Waals surface area contributed by atoms with Crippen LogP contribution in [0.15, 0.2) is 43.4 Å². The first-order valence-corrected chi connectivity index (χ1v) is 9.06. The maximum atomic E-state index is 12.7. The highest BCUT2D eigenvalue weighted by molar-refractivity contribution is 5.94. The van der Waals surface area contributed by atoms with Gasteiger partial charge >= 0.3 is 12.1 Å². The minimum atomic E-state index is -5.08. The highest BCUT2D eigenvalue weighted by Gasteiger charge is 2.38. The summed E-state index contributed by atoms with van der Waals surface area (Å²) < 4.78 is 35.7. The average molecular weight is 437 g/mol.